The second-order valence-electron chi connectivity index (χ2n) is 5.79. The monoisotopic (exact) mass is 347 g/mol. The minimum atomic E-state index is -0.205. The summed E-state index contributed by atoms with van der Waals surface area (Å²) in [6.45, 7) is 1.83. The molecule has 1 N–H and O–H groups in total. The van der Waals surface area contributed by atoms with Gasteiger partial charge in [0, 0.05) is 22.0 Å². The second-order valence-corrected chi connectivity index (χ2v) is 6.22. The van der Waals surface area contributed by atoms with Crippen molar-refractivity contribution in [2.45, 2.75) is 6.92 Å². The molecule has 25 heavy (non-hydrogen) atoms. The first-order chi connectivity index (χ1) is 12.1. The predicted octanol–water partition coefficient (Wildman–Crippen LogP) is 5.00. The van der Waals surface area contributed by atoms with Crippen molar-refractivity contribution < 1.29 is 4.79 Å². The molecule has 0 fully saturated rings. The Hall–Kier alpha value is -2.98. The lowest BCUT2D eigenvalue weighted by atomic mass is 10.1. The van der Waals surface area contributed by atoms with Crippen LogP contribution in [0, 0.1) is 6.92 Å². The molecule has 2 heterocycles. The average molecular weight is 348 g/mol. The molecule has 4 nitrogen and oxygen atoms in total. The van der Waals surface area contributed by atoms with Crippen LogP contribution in [0.3, 0.4) is 0 Å². The van der Waals surface area contributed by atoms with Gasteiger partial charge in [0.1, 0.15) is 0 Å². The molecule has 0 aliphatic carbocycles. The summed E-state index contributed by atoms with van der Waals surface area (Å²) in [4.78, 5) is 21.6. The minimum absolute atomic E-state index is 0.205. The number of anilines is 1. The van der Waals surface area contributed by atoms with Crippen molar-refractivity contribution in [3.05, 3.63) is 77.1 Å². The summed E-state index contributed by atoms with van der Waals surface area (Å²) in [5.74, 6) is -0.205. The molecule has 0 radical (unpaired) electrons. The van der Waals surface area contributed by atoms with Crippen LogP contribution >= 0.6 is 11.6 Å². The van der Waals surface area contributed by atoms with Crippen LogP contribution in [0.4, 0.5) is 5.69 Å². The van der Waals surface area contributed by atoms with Gasteiger partial charge in [0.25, 0.3) is 5.91 Å². The highest BCUT2D eigenvalue weighted by Gasteiger charge is 2.13. The molecule has 2 aromatic heterocycles. The van der Waals surface area contributed by atoms with Crippen LogP contribution in [0.1, 0.15) is 16.1 Å². The van der Waals surface area contributed by atoms with Gasteiger partial charge < -0.3 is 5.32 Å². The highest BCUT2D eigenvalue weighted by Crippen LogP contribution is 2.24. The molecule has 0 aliphatic heterocycles. The number of rotatable bonds is 2. The van der Waals surface area contributed by atoms with E-state index in [0.717, 1.165) is 27.5 Å². The molecule has 4 rings (SSSR count). The number of hydrogen-bond acceptors (Lipinski definition) is 3. The van der Waals surface area contributed by atoms with E-state index in [0.29, 0.717) is 16.3 Å². The first-order valence-corrected chi connectivity index (χ1v) is 8.21. The molecular weight excluding hydrogens is 334 g/mol. The van der Waals surface area contributed by atoms with Gasteiger partial charge in [0.2, 0.25) is 0 Å². The van der Waals surface area contributed by atoms with E-state index in [1.165, 1.54) is 0 Å². The molecule has 122 valence electrons. The highest BCUT2D eigenvalue weighted by molar-refractivity contribution is 6.31. The summed E-state index contributed by atoms with van der Waals surface area (Å²) in [5, 5.41) is 5.32. The Morgan fingerprint density at radius 3 is 2.80 bits per heavy atom. The highest BCUT2D eigenvalue weighted by atomic mass is 35.5. The van der Waals surface area contributed by atoms with E-state index in [4.69, 9.17) is 11.6 Å². The van der Waals surface area contributed by atoms with Crippen molar-refractivity contribution in [2.24, 2.45) is 0 Å². The molecule has 0 atom stereocenters. The summed E-state index contributed by atoms with van der Waals surface area (Å²) >= 11 is 6.05. The standard InChI is InChI=1S/C20H14ClN3O/c1-12-16(11-13-10-14(21)7-8-17(13)23-12)20(25)24-19-6-2-5-18-15(19)4-3-9-22-18/h2-11H,1H3,(H,24,25). The Morgan fingerprint density at radius 1 is 1.04 bits per heavy atom. The number of halogens is 1. The van der Waals surface area contributed by atoms with E-state index in [9.17, 15) is 4.79 Å². The van der Waals surface area contributed by atoms with Crippen molar-refractivity contribution >= 4 is 45.0 Å². The first-order valence-electron chi connectivity index (χ1n) is 7.84. The SMILES string of the molecule is Cc1nc2ccc(Cl)cc2cc1C(=O)Nc1cccc2ncccc12. The van der Waals surface area contributed by atoms with Crippen molar-refractivity contribution in [1.29, 1.82) is 0 Å². The number of fused-ring (bicyclic) bond motifs is 2. The number of aryl methyl sites for hydroxylation is 1. The van der Waals surface area contributed by atoms with Crippen LogP contribution in [0.5, 0.6) is 0 Å². The fourth-order valence-electron chi connectivity index (χ4n) is 2.88. The van der Waals surface area contributed by atoms with Crippen LogP contribution in [0.15, 0.2) is 60.8 Å². The van der Waals surface area contributed by atoms with Gasteiger partial charge in [-0.1, -0.05) is 17.7 Å². The smallest absolute Gasteiger partial charge is 0.257 e. The molecule has 0 saturated carbocycles. The molecule has 0 saturated heterocycles. The number of carbonyl (C=O) groups excluding carboxylic acids is 1. The molecule has 0 bridgehead atoms. The van der Waals surface area contributed by atoms with Crippen LogP contribution in [0.25, 0.3) is 21.8 Å². The number of amides is 1. The molecule has 2 aromatic carbocycles. The van der Waals surface area contributed by atoms with E-state index >= 15 is 0 Å². The Bertz CT molecular complexity index is 1120. The van der Waals surface area contributed by atoms with E-state index in [2.05, 4.69) is 15.3 Å². The molecule has 5 heteroatoms. The van der Waals surface area contributed by atoms with Crippen LogP contribution < -0.4 is 5.32 Å². The number of nitrogens with one attached hydrogen (secondary N) is 1. The third kappa shape index (κ3) is 2.92. The Morgan fingerprint density at radius 2 is 1.92 bits per heavy atom. The van der Waals surface area contributed by atoms with Crippen LogP contribution in [0.2, 0.25) is 5.02 Å². The van der Waals surface area contributed by atoms with Gasteiger partial charge >= 0.3 is 0 Å². The van der Waals surface area contributed by atoms with Crippen molar-refractivity contribution in [1.82, 2.24) is 9.97 Å². The number of benzene rings is 2. The van der Waals surface area contributed by atoms with E-state index in [1.807, 2.05) is 55.5 Å². The zero-order valence-corrected chi connectivity index (χ0v) is 14.2. The molecule has 0 unspecified atom stereocenters. The number of pyridine rings is 2. The van der Waals surface area contributed by atoms with E-state index < -0.39 is 0 Å². The van der Waals surface area contributed by atoms with Gasteiger partial charge in [-0.25, -0.2) is 0 Å². The van der Waals surface area contributed by atoms with Crippen LogP contribution in [-0.4, -0.2) is 15.9 Å². The Labute approximate surface area is 149 Å². The Kier molecular flexibility index (Phi) is 3.82. The third-order valence-electron chi connectivity index (χ3n) is 4.11. The quantitative estimate of drug-likeness (QED) is 0.555. The molecule has 0 aliphatic rings. The summed E-state index contributed by atoms with van der Waals surface area (Å²) in [6, 6.07) is 16.7. The number of hydrogen-bond donors (Lipinski definition) is 1. The normalized spacial score (nSPS) is 11.0. The minimum Gasteiger partial charge on any atom is -0.321 e. The fraction of sp³-hybridized carbons (Fsp3) is 0.0500. The lowest BCUT2D eigenvalue weighted by Gasteiger charge is -2.11. The van der Waals surface area contributed by atoms with Crippen molar-refractivity contribution in [2.75, 3.05) is 5.32 Å². The lowest BCUT2D eigenvalue weighted by Crippen LogP contribution is -2.14. The zero-order valence-electron chi connectivity index (χ0n) is 13.5. The molecule has 1 amide bonds. The molecule has 0 spiro atoms. The van der Waals surface area contributed by atoms with Crippen molar-refractivity contribution in [3.63, 3.8) is 0 Å². The first kappa shape index (κ1) is 15.5. The average Bonchev–Trinajstić information content (AvgIpc) is 2.62. The maximum atomic E-state index is 12.8. The molecular formula is C20H14ClN3O. The van der Waals surface area contributed by atoms with Gasteiger partial charge in [-0.2, -0.15) is 0 Å². The summed E-state index contributed by atoms with van der Waals surface area (Å²) in [6.07, 6.45) is 1.73. The van der Waals surface area contributed by atoms with Gasteiger partial charge in [-0.15, -0.1) is 0 Å². The van der Waals surface area contributed by atoms with Crippen molar-refractivity contribution in [3.8, 4) is 0 Å². The summed E-state index contributed by atoms with van der Waals surface area (Å²) < 4.78 is 0. The number of carbonyl (C=O) groups is 1. The summed E-state index contributed by atoms with van der Waals surface area (Å²) in [5.41, 5.74) is 3.57. The van der Waals surface area contributed by atoms with Gasteiger partial charge in [-0.3, -0.25) is 14.8 Å². The topological polar surface area (TPSA) is 54.9 Å². The van der Waals surface area contributed by atoms with Gasteiger partial charge in [-0.05, 0) is 55.5 Å². The van der Waals surface area contributed by atoms with Gasteiger partial charge in [0.05, 0.1) is 28.0 Å². The zero-order chi connectivity index (χ0) is 17.4. The Balaban J connectivity index is 1.75. The van der Waals surface area contributed by atoms with E-state index in [-0.39, 0.29) is 5.91 Å². The van der Waals surface area contributed by atoms with Crippen LogP contribution in [-0.2, 0) is 0 Å². The third-order valence-corrected chi connectivity index (χ3v) is 4.34. The largest absolute Gasteiger partial charge is 0.321 e. The van der Waals surface area contributed by atoms with E-state index in [1.54, 1.807) is 12.3 Å². The second kappa shape index (κ2) is 6.15. The predicted molar refractivity (Wildman–Crippen MR) is 101 cm³/mol. The fourth-order valence-corrected chi connectivity index (χ4v) is 3.06. The number of aromatic nitrogens is 2. The van der Waals surface area contributed by atoms with Gasteiger partial charge in [0.15, 0.2) is 0 Å². The lowest BCUT2D eigenvalue weighted by molar-refractivity contribution is 0.102. The maximum Gasteiger partial charge on any atom is 0.257 e. The molecule has 4 aromatic rings. The summed E-state index contributed by atoms with van der Waals surface area (Å²) in [7, 11) is 0. The maximum absolute atomic E-state index is 12.8. The number of nitrogens with zero attached hydrogens (tertiary/aromatic N) is 2.